The summed E-state index contributed by atoms with van der Waals surface area (Å²) in [5.74, 6) is -2.10. The van der Waals surface area contributed by atoms with Gasteiger partial charge in [0.05, 0.1) is 6.42 Å². The summed E-state index contributed by atoms with van der Waals surface area (Å²) in [7, 11) is 1.47. The lowest BCUT2D eigenvalue weighted by atomic mass is 10.2. The predicted molar refractivity (Wildman–Crippen MR) is 56.6 cm³/mol. The number of nitrogens with zero attached hydrogens (tertiary/aromatic N) is 1. The van der Waals surface area contributed by atoms with Crippen LogP contribution in [0.2, 0.25) is 0 Å². The molecule has 16 heavy (non-hydrogen) atoms. The molecular weight excluding hydrogens is 214 g/mol. The first-order valence-electron chi connectivity index (χ1n) is 4.52. The highest BCUT2D eigenvalue weighted by Crippen LogP contribution is 1.94. The van der Waals surface area contributed by atoms with Gasteiger partial charge in [-0.3, -0.25) is 4.79 Å². The first kappa shape index (κ1) is 13.9. The number of nitrogens with two attached hydrogens (primary N) is 1. The number of carboxylic acid groups (broad SMARTS) is 1. The third kappa shape index (κ3) is 4.99. The molecule has 7 heteroatoms. The Morgan fingerprint density at radius 3 is 2.50 bits per heavy atom. The standard InChI is InChI=1S/C9H15N3O4/c1-3-4-12(2)9(16)11-6(8(14)15)5-7(10)13/h3,6H,1,4-5H2,2H3,(H2,10,13)(H,11,16)(H,14,15). The highest BCUT2D eigenvalue weighted by atomic mass is 16.4. The molecule has 0 saturated carbocycles. The number of carbonyl (C=O) groups excluding carboxylic acids is 2. The molecule has 0 aliphatic rings. The molecule has 90 valence electrons. The SMILES string of the molecule is C=CCN(C)C(=O)NC(CC(N)=O)C(=O)O. The van der Waals surface area contributed by atoms with Gasteiger partial charge in [0.2, 0.25) is 5.91 Å². The zero-order valence-corrected chi connectivity index (χ0v) is 8.97. The van der Waals surface area contributed by atoms with Crippen LogP contribution in [0.1, 0.15) is 6.42 Å². The smallest absolute Gasteiger partial charge is 0.326 e. The van der Waals surface area contributed by atoms with Crippen LogP contribution in [0.25, 0.3) is 0 Å². The third-order valence-corrected chi connectivity index (χ3v) is 1.75. The van der Waals surface area contributed by atoms with E-state index in [0.717, 1.165) is 0 Å². The highest BCUT2D eigenvalue weighted by Gasteiger charge is 2.23. The molecule has 0 bridgehead atoms. The van der Waals surface area contributed by atoms with Gasteiger partial charge in [-0.15, -0.1) is 6.58 Å². The number of rotatable bonds is 6. The van der Waals surface area contributed by atoms with Gasteiger partial charge < -0.3 is 21.1 Å². The molecule has 3 amide bonds. The van der Waals surface area contributed by atoms with Crippen LogP contribution in [-0.4, -0.2) is 47.5 Å². The lowest BCUT2D eigenvalue weighted by molar-refractivity contribution is -0.140. The molecule has 0 fully saturated rings. The number of amides is 3. The number of aliphatic carboxylic acids is 1. The van der Waals surface area contributed by atoms with E-state index in [4.69, 9.17) is 10.8 Å². The molecule has 0 saturated heterocycles. The summed E-state index contributed by atoms with van der Waals surface area (Å²) in [5.41, 5.74) is 4.86. The van der Waals surface area contributed by atoms with Crippen molar-refractivity contribution in [2.75, 3.05) is 13.6 Å². The zero-order chi connectivity index (χ0) is 12.7. The van der Waals surface area contributed by atoms with Crippen molar-refractivity contribution in [3.05, 3.63) is 12.7 Å². The van der Waals surface area contributed by atoms with Gasteiger partial charge in [0, 0.05) is 13.6 Å². The minimum Gasteiger partial charge on any atom is -0.480 e. The Hall–Kier alpha value is -2.05. The molecule has 0 aliphatic heterocycles. The van der Waals surface area contributed by atoms with Crippen molar-refractivity contribution in [1.29, 1.82) is 0 Å². The molecular formula is C9H15N3O4. The van der Waals surface area contributed by atoms with Crippen LogP contribution >= 0.6 is 0 Å². The molecule has 7 nitrogen and oxygen atoms in total. The van der Waals surface area contributed by atoms with Gasteiger partial charge in [-0.05, 0) is 0 Å². The Balaban J connectivity index is 4.39. The quantitative estimate of drug-likeness (QED) is 0.514. The van der Waals surface area contributed by atoms with E-state index in [9.17, 15) is 14.4 Å². The maximum Gasteiger partial charge on any atom is 0.326 e. The molecule has 0 radical (unpaired) electrons. The van der Waals surface area contributed by atoms with Crippen LogP contribution in [-0.2, 0) is 9.59 Å². The van der Waals surface area contributed by atoms with Crippen LogP contribution in [0.5, 0.6) is 0 Å². The summed E-state index contributed by atoms with van der Waals surface area (Å²) < 4.78 is 0. The zero-order valence-electron chi connectivity index (χ0n) is 8.97. The van der Waals surface area contributed by atoms with Gasteiger partial charge in [-0.25, -0.2) is 9.59 Å². The fourth-order valence-electron chi connectivity index (χ4n) is 0.937. The van der Waals surface area contributed by atoms with Crippen molar-refractivity contribution in [2.24, 2.45) is 5.73 Å². The summed E-state index contributed by atoms with van der Waals surface area (Å²) in [6.07, 6.45) is 1.05. The number of likely N-dealkylation sites (N-methyl/N-ethyl adjacent to an activating group) is 1. The second kappa shape index (κ2) is 6.44. The van der Waals surface area contributed by atoms with Gasteiger partial charge in [0.15, 0.2) is 0 Å². The van der Waals surface area contributed by atoms with Gasteiger partial charge in [0.1, 0.15) is 6.04 Å². The third-order valence-electron chi connectivity index (χ3n) is 1.75. The molecule has 0 spiro atoms. The topological polar surface area (TPSA) is 113 Å². The number of nitrogens with one attached hydrogen (secondary N) is 1. The van der Waals surface area contributed by atoms with Crippen molar-refractivity contribution in [3.8, 4) is 0 Å². The summed E-state index contributed by atoms with van der Waals surface area (Å²) >= 11 is 0. The molecule has 0 aromatic carbocycles. The maximum absolute atomic E-state index is 11.4. The molecule has 0 rings (SSSR count). The van der Waals surface area contributed by atoms with E-state index in [1.54, 1.807) is 0 Å². The molecule has 0 aromatic heterocycles. The van der Waals surface area contributed by atoms with Crippen LogP contribution in [0.3, 0.4) is 0 Å². The van der Waals surface area contributed by atoms with Crippen molar-refractivity contribution in [1.82, 2.24) is 10.2 Å². The molecule has 1 atom stereocenters. The van der Waals surface area contributed by atoms with Gasteiger partial charge in [-0.1, -0.05) is 6.08 Å². The Morgan fingerprint density at radius 1 is 1.56 bits per heavy atom. The summed E-state index contributed by atoms with van der Waals surface area (Å²) in [4.78, 5) is 33.9. The van der Waals surface area contributed by atoms with Crippen LogP contribution in [0, 0.1) is 0 Å². The first-order chi connectivity index (χ1) is 7.38. The summed E-state index contributed by atoms with van der Waals surface area (Å²) in [5, 5.41) is 10.9. The van der Waals surface area contributed by atoms with E-state index in [1.165, 1.54) is 18.0 Å². The maximum atomic E-state index is 11.4. The van der Waals surface area contributed by atoms with Crippen LogP contribution in [0.4, 0.5) is 4.79 Å². The Bertz CT molecular complexity index is 303. The van der Waals surface area contributed by atoms with Crippen molar-refractivity contribution in [2.45, 2.75) is 12.5 Å². The monoisotopic (exact) mass is 229 g/mol. The number of urea groups is 1. The molecule has 0 aliphatic carbocycles. The highest BCUT2D eigenvalue weighted by molar-refractivity contribution is 5.87. The van der Waals surface area contributed by atoms with E-state index in [2.05, 4.69) is 11.9 Å². The number of hydrogen-bond donors (Lipinski definition) is 3. The van der Waals surface area contributed by atoms with Crippen molar-refractivity contribution < 1.29 is 19.5 Å². The minimum atomic E-state index is -1.31. The Morgan fingerprint density at radius 2 is 2.12 bits per heavy atom. The fourth-order valence-corrected chi connectivity index (χ4v) is 0.937. The van der Waals surface area contributed by atoms with E-state index >= 15 is 0 Å². The van der Waals surface area contributed by atoms with Gasteiger partial charge in [0.25, 0.3) is 0 Å². The van der Waals surface area contributed by atoms with Crippen molar-refractivity contribution in [3.63, 3.8) is 0 Å². The van der Waals surface area contributed by atoms with Gasteiger partial charge in [-0.2, -0.15) is 0 Å². The van der Waals surface area contributed by atoms with E-state index in [1.807, 2.05) is 0 Å². The van der Waals surface area contributed by atoms with Gasteiger partial charge >= 0.3 is 12.0 Å². The van der Waals surface area contributed by atoms with E-state index in [-0.39, 0.29) is 6.54 Å². The normalized spacial score (nSPS) is 11.3. The molecule has 0 heterocycles. The Labute approximate surface area is 92.9 Å². The average Bonchev–Trinajstić information content (AvgIpc) is 2.16. The molecule has 4 N–H and O–H groups in total. The van der Waals surface area contributed by atoms with E-state index < -0.39 is 30.4 Å². The van der Waals surface area contributed by atoms with E-state index in [0.29, 0.717) is 0 Å². The van der Waals surface area contributed by atoms with Crippen molar-refractivity contribution >= 4 is 17.9 Å². The van der Waals surface area contributed by atoms with Crippen LogP contribution in [0.15, 0.2) is 12.7 Å². The second-order valence-electron chi connectivity index (χ2n) is 3.18. The average molecular weight is 229 g/mol. The minimum absolute atomic E-state index is 0.273. The lowest BCUT2D eigenvalue weighted by Gasteiger charge is -2.19. The Kier molecular flexibility index (Phi) is 5.61. The number of carboxylic acids is 1. The predicted octanol–water partition coefficient (Wildman–Crippen LogP) is -0.858. The first-order valence-corrected chi connectivity index (χ1v) is 4.52. The van der Waals surface area contributed by atoms with Crippen LogP contribution < -0.4 is 11.1 Å². The number of hydrogen-bond acceptors (Lipinski definition) is 3. The number of carbonyl (C=O) groups is 3. The molecule has 0 aromatic rings. The lowest BCUT2D eigenvalue weighted by Crippen LogP contribution is -2.48. The second-order valence-corrected chi connectivity index (χ2v) is 3.18. The molecule has 1 unspecified atom stereocenters. The number of primary amides is 1. The summed E-state index contributed by atoms with van der Waals surface area (Å²) in [6.45, 7) is 3.71. The summed E-state index contributed by atoms with van der Waals surface area (Å²) in [6, 6.07) is -1.91. The largest absolute Gasteiger partial charge is 0.480 e. The fraction of sp³-hybridized carbons (Fsp3) is 0.444.